The molecule has 152 valence electrons. The van der Waals surface area contributed by atoms with E-state index in [-0.39, 0.29) is 5.91 Å². The van der Waals surface area contributed by atoms with Crippen LogP contribution in [-0.4, -0.2) is 25.5 Å². The molecule has 1 saturated heterocycles. The normalized spacial score (nSPS) is 16.9. The predicted molar refractivity (Wildman–Crippen MR) is 123 cm³/mol. The van der Waals surface area contributed by atoms with Gasteiger partial charge in [0.25, 0.3) is 5.91 Å². The molecule has 3 heterocycles. The van der Waals surface area contributed by atoms with E-state index in [9.17, 15) is 4.79 Å². The Morgan fingerprint density at radius 3 is 2.63 bits per heavy atom. The number of carbonyl (C=O) groups is 1. The molecule has 3 aromatic rings. The van der Waals surface area contributed by atoms with E-state index < -0.39 is 0 Å². The molecule has 5 nitrogen and oxygen atoms in total. The second-order valence-corrected chi connectivity index (χ2v) is 8.52. The van der Waals surface area contributed by atoms with Crippen LogP contribution in [0.3, 0.4) is 0 Å². The minimum atomic E-state index is -0.0338. The molecule has 0 unspecified atom stereocenters. The Morgan fingerprint density at radius 2 is 1.97 bits per heavy atom. The molecule has 0 aliphatic carbocycles. The van der Waals surface area contributed by atoms with Crippen LogP contribution in [0.2, 0.25) is 0 Å². The molecule has 0 saturated carbocycles. The molecule has 1 aliphatic heterocycles. The first kappa shape index (κ1) is 20.2. The third-order valence-corrected chi connectivity index (χ3v) is 5.86. The van der Waals surface area contributed by atoms with Gasteiger partial charge in [0.2, 0.25) is 0 Å². The summed E-state index contributed by atoms with van der Waals surface area (Å²) in [4.78, 5) is 24.6. The number of nitrogens with zero attached hydrogens (tertiary/aromatic N) is 4. The van der Waals surface area contributed by atoms with Gasteiger partial charge in [0, 0.05) is 30.3 Å². The SMILES string of the molecule is Cc1cc(/C=C2/SC(=Nc3ccccc3)N(Cc3cccnc3)C2=O)cn1C(C)C. The first-order valence-electron chi connectivity index (χ1n) is 9.94. The summed E-state index contributed by atoms with van der Waals surface area (Å²) in [5.74, 6) is -0.0338. The summed E-state index contributed by atoms with van der Waals surface area (Å²) in [7, 11) is 0. The predicted octanol–water partition coefficient (Wildman–Crippen LogP) is 5.58. The van der Waals surface area contributed by atoms with Gasteiger partial charge in [-0.15, -0.1) is 0 Å². The first-order chi connectivity index (χ1) is 14.5. The van der Waals surface area contributed by atoms with Gasteiger partial charge in [-0.25, -0.2) is 4.99 Å². The molecule has 1 aromatic carbocycles. The minimum absolute atomic E-state index is 0.0338. The van der Waals surface area contributed by atoms with Gasteiger partial charge in [-0.05, 0) is 74.0 Å². The summed E-state index contributed by atoms with van der Waals surface area (Å²) in [6.45, 7) is 6.83. The van der Waals surface area contributed by atoms with Crippen LogP contribution in [0.1, 0.15) is 36.7 Å². The molecule has 0 spiro atoms. The molecule has 0 radical (unpaired) electrons. The van der Waals surface area contributed by atoms with Crippen LogP contribution < -0.4 is 0 Å². The van der Waals surface area contributed by atoms with Crippen molar-refractivity contribution in [2.24, 2.45) is 4.99 Å². The highest BCUT2D eigenvalue weighted by Crippen LogP contribution is 2.35. The van der Waals surface area contributed by atoms with Crippen molar-refractivity contribution < 1.29 is 4.79 Å². The highest BCUT2D eigenvalue weighted by atomic mass is 32.2. The Kier molecular flexibility index (Phi) is 5.86. The summed E-state index contributed by atoms with van der Waals surface area (Å²) in [5.41, 5.74) is 4.00. The molecule has 0 bridgehead atoms. The number of thioether (sulfide) groups is 1. The number of benzene rings is 1. The van der Waals surface area contributed by atoms with Gasteiger partial charge in [0.1, 0.15) is 0 Å². The molecular formula is C24H24N4OS. The Morgan fingerprint density at radius 1 is 1.17 bits per heavy atom. The van der Waals surface area contributed by atoms with Crippen LogP contribution in [0.5, 0.6) is 0 Å². The topological polar surface area (TPSA) is 50.5 Å². The van der Waals surface area contributed by atoms with Crippen molar-refractivity contribution in [3.8, 4) is 0 Å². The van der Waals surface area contributed by atoms with E-state index >= 15 is 0 Å². The van der Waals surface area contributed by atoms with Crippen molar-refractivity contribution in [1.82, 2.24) is 14.5 Å². The fourth-order valence-corrected chi connectivity index (χ4v) is 4.42. The molecular weight excluding hydrogens is 392 g/mol. The quantitative estimate of drug-likeness (QED) is 0.511. The fourth-order valence-electron chi connectivity index (χ4n) is 3.42. The number of aryl methyl sites for hydroxylation is 1. The molecule has 1 aliphatic rings. The Hall–Kier alpha value is -3.12. The van der Waals surface area contributed by atoms with Crippen molar-refractivity contribution in [2.45, 2.75) is 33.4 Å². The summed E-state index contributed by atoms with van der Waals surface area (Å²) >= 11 is 1.42. The van der Waals surface area contributed by atoms with Crippen molar-refractivity contribution in [3.63, 3.8) is 0 Å². The molecule has 6 heteroatoms. The second kappa shape index (κ2) is 8.71. The van der Waals surface area contributed by atoms with Crippen LogP contribution in [-0.2, 0) is 11.3 Å². The zero-order valence-corrected chi connectivity index (χ0v) is 18.1. The largest absolute Gasteiger partial charge is 0.349 e. The van der Waals surface area contributed by atoms with Gasteiger partial charge in [-0.3, -0.25) is 14.7 Å². The number of para-hydroxylation sites is 1. The third kappa shape index (κ3) is 4.39. The zero-order valence-electron chi connectivity index (χ0n) is 17.3. The van der Waals surface area contributed by atoms with Crippen molar-refractivity contribution in [3.05, 3.63) is 88.8 Å². The second-order valence-electron chi connectivity index (χ2n) is 7.51. The standard InChI is InChI=1S/C24H24N4OS/c1-17(2)27-16-20(12-18(27)3)13-22-23(29)28(15-19-8-7-11-25-14-19)24(30-22)26-21-9-5-4-6-10-21/h4-14,16-17H,15H2,1-3H3/b22-13+,26-24?. The van der Waals surface area contributed by atoms with E-state index in [2.05, 4.69) is 42.6 Å². The van der Waals surface area contributed by atoms with E-state index in [0.717, 1.165) is 16.8 Å². The first-order valence-corrected chi connectivity index (χ1v) is 10.8. The number of hydrogen-bond donors (Lipinski definition) is 0. The zero-order chi connectivity index (χ0) is 21.1. The Balaban J connectivity index is 1.69. The molecule has 2 aromatic heterocycles. The van der Waals surface area contributed by atoms with E-state index in [4.69, 9.17) is 4.99 Å². The van der Waals surface area contributed by atoms with Crippen molar-refractivity contribution in [1.29, 1.82) is 0 Å². The van der Waals surface area contributed by atoms with Gasteiger partial charge < -0.3 is 4.57 Å². The van der Waals surface area contributed by atoms with Crippen molar-refractivity contribution >= 4 is 34.6 Å². The molecule has 0 N–H and O–H groups in total. The van der Waals surface area contributed by atoms with Gasteiger partial charge in [-0.2, -0.15) is 0 Å². The lowest BCUT2D eigenvalue weighted by atomic mass is 10.2. The van der Waals surface area contributed by atoms with Crippen LogP contribution in [0.15, 0.2) is 77.0 Å². The highest BCUT2D eigenvalue weighted by Gasteiger charge is 2.33. The number of aromatic nitrogens is 2. The van der Waals surface area contributed by atoms with Crippen LogP contribution >= 0.6 is 11.8 Å². The van der Waals surface area contributed by atoms with Gasteiger partial charge in [0.15, 0.2) is 5.17 Å². The van der Waals surface area contributed by atoms with Crippen LogP contribution in [0.4, 0.5) is 5.69 Å². The van der Waals surface area contributed by atoms with Crippen LogP contribution in [0.25, 0.3) is 6.08 Å². The van der Waals surface area contributed by atoms with E-state index in [1.807, 2.05) is 48.5 Å². The number of rotatable bonds is 5. The number of amides is 1. The molecule has 4 rings (SSSR count). The summed E-state index contributed by atoms with van der Waals surface area (Å²) in [6.07, 6.45) is 7.57. The summed E-state index contributed by atoms with van der Waals surface area (Å²) in [6, 6.07) is 16.1. The molecule has 0 atom stereocenters. The number of hydrogen-bond acceptors (Lipinski definition) is 4. The molecule has 30 heavy (non-hydrogen) atoms. The minimum Gasteiger partial charge on any atom is -0.349 e. The Bertz CT molecular complexity index is 1100. The van der Waals surface area contributed by atoms with Gasteiger partial charge in [0.05, 0.1) is 17.1 Å². The summed E-state index contributed by atoms with van der Waals surface area (Å²) in [5, 5.41) is 0.682. The van der Waals surface area contributed by atoms with Gasteiger partial charge >= 0.3 is 0 Å². The van der Waals surface area contributed by atoms with Crippen molar-refractivity contribution in [2.75, 3.05) is 0 Å². The molecule has 1 fully saturated rings. The lowest BCUT2D eigenvalue weighted by Gasteiger charge is -2.15. The number of carbonyl (C=O) groups excluding carboxylic acids is 1. The number of pyridine rings is 1. The van der Waals surface area contributed by atoms with Gasteiger partial charge in [-0.1, -0.05) is 24.3 Å². The fraction of sp³-hybridized carbons (Fsp3) is 0.208. The number of amidine groups is 1. The van der Waals surface area contributed by atoms with E-state index in [1.54, 1.807) is 17.3 Å². The maximum absolute atomic E-state index is 13.3. The third-order valence-electron chi connectivity index (χ3n) is 4.86. The number of aliphatic imine (C=N–C) groups is 1. The highest BCUT2D eigenvalue weighted by molar-refractivity contribution is 8.18. The smallest absolute Gasteiger partial charge is 0.267 e. The maximum Gasteiger partial charge on any atom is 0.267 e. The lowest BCUT2D eigenvalue weighted by Crippen LogP contribution is -2.28. The van der Waals surface area contributed by atoms with E-state index in [1.165, 1.54) is 17.5 Å². The van der Waals surface area contributed by atoms with E-state index in [0.29, 0.717) is 22.7 Å². The monoisotopic (exact) mass is 416 g/mol. The maximum atomic E-state index is 13.3. The average Bonchev–Trinajstić information content (AvgIpc) is 3.24. The Labute approximate surface area is 181 Å². The summed E-state index contributed by atoms with van der Waals surface area (Å²) < 4.78 is 2.21. The lowest BCUT2D eigenvalue weighted by molar-refractivity contribution is -0.122. The van der Waals surface area contributed by atoms with Crippen LogP contribution in [0, 0.1) is 6.92 Å². The molecule has 1 amide bonds. The average molecular weight is 417 g/mol.